The van der Waals surface area contributed by atoms with Gasteiger partial charge in [0, 0.05) is 31.7 Å². The van der Waals surface area contributed by atoms with Crippen LogP contribution in [0.2, 0.25) is 0 Å². The Labute approximate surface area is 134 Å². The number of hydrogen-bond donors (Lipinski definition) is 1. The molecule has 2 heterocycles. The summed E-state index contributed by atoms with van der Waals surface area (Å²) in [6.07, 6.45) is 0. The van der Waals surface area contributed by atoms with E-state index in [1.54, 1.807) is 24.3 Å². The average Bonchev–Trinajstić information content (AvgIpc) is 2.60. The van der Waals surface area contributed by atoms with Crippen LogP contribution in [0.15, 0.2) is 39.5 Å². The molecule has 0 bridgehead atoms. The van der Waals surface area contributed by atoms with Gasteiger partial charge < -0.3 is 14.5 Å². The second kappa shape index (κ2) is 6.93. The predicted octanol–water partition coefficient (Wildman–Crippen LogP) is 1.24. The van der Waals surface area contributed by atoms with Crippen LogP contribution >= 0.6 is 0 Å². The van der Waals surface area contributed by atoms with Crippen LogP contribution in [-0.4, -0.2) is 49.7 Å². The fraction of sp³-hybridized carbons (Fsp3) is 0.412. The molecule has 6 heteroatoms. The lowest BCUT2D eigenvalue weighted by Crippen LogP contribution is -2.47. The number of ether oxygens (including phenoxy) is 1. The van der Waals surface area contributed by atoms with Gasteiger partial charge in [-0.3, -0.25) is 14.5 Å². The molecule has 1 fully saturated rings. The number of morpholine rings is 1. The van der Waals surface area contributed by atoms with Crippen molar-refractivity contribution in [2.45, 2.75) is 13.0 Å². The number of fused-ring (bicyclic) bond motifs is 1. The highest BCUT2D eigenvalue weighted by Gasteiger charge is 2.18. The van der Waals surface area contributed by atoms with Gasteiger partial charge in [-0.1, -0.05) is 12.1 Å². The first-order valence-corrected chi connectivity index (χ1v) is 7.78. The first-order valence-electron chi connectivity index (χ1n) is 7.78. The monoisotopic (exact) mass is 316 g/mol. The Morgan fingerprint density at radius 3 is 2.83 bits per heavy atom. The van der Waals surface area contributed by atoms with E-state index in [-0.39, 0.29) is 23.1 Å². The summed E-state index contributed by atoms with van der Waals surface area (Å²) < 4.78 is 10.9. The van der Waals surface area contributed by atoms with Gasteiger partial charge in [-0.2, -0.15) is 0 Å². The standard InChI is InChI=1S/C17H20N2O4/c1-12(19-6-8-22-9-7-19)11-18-17(21)16-10-14(20)13-4-2-3-5-15(13)23-16/h2-5,10,12H,6-9,11H2,1H3,(H,18,21). The zero-order valence-electron chi connectivity index (χ0n) is 13.1. The minimum absolute atomic E-state index is 0.0443. The average molecular weight is 316 g/mol. The van der Waals surface area contributed by atoms with Crippen LogP contribution in [0.5, 0.6) is 0 Å². The number of carbonyl (C=O) groups excluding carboxylic acids is 1. The molecular formula is C17H20N2O4. The molecule has 0 spiro atoms. The van der Waals surface area contributed by atoms with Crippen molar-refractivity contribution >= 4 is 16.9 Å². The summed E-state index contributed by atoms with van der Waals surface area (Å²) in [7, 11) is 0. The summed E-state index contributed by atoms with van der Waals surface area (Å²) >= 11 is 0. The van der Waals surface area contributed by atoms with E-state index in [1.807, 2.05) is 0 Å². The lowest BCUT2D eigenvalue weighted by Gasteiger charge is -2.32. The molecule has 3 rings (SSSR count). The number of nitrogens with zero attached hydrogens (tertiary/aromatic N) is 1. The topological polar surface area (TPSA) is 71.8 Å². The lowest BCUT2D eigenvalue weighted by molar-refractivity contribution is 0.0203. The van der Waals surface area contributed by atoms with Gasteiger partial charge in [0.25, 0.3) is 5.91 Å². The zero-order chi connectivity index (χ0) is 16.2. The van der Waals surface area contributed by atoms with Crippen LogP contribution in [0.3, 0.4) is 0 Å². The van der Waals surface area contributed by atoms with Crippen molar-refractivity contribution < 1.29 is 13.9 Å². The molecule has 0 aliphatic carbocycles. The second-order valence-corrected chi connectivity index (χ2v) is 5.68. The van der Waals surface area contributed by atoms with Crippen LogP contribution < -0.4 is 10.7 Å². The maximum absolute atomic E-state index is 12.2. The largest absolute Gasteiger partial charge is 0.451 e. The minimum Gasteiger partial charge on any atom is -0.451 e. The molecule has 1 aromatic carbocycles. The van der Waals surface area contributed by atoms with Gasteiger partial charge in [-0.25, -0.2) is 0 Å². The number of nitrogens with one attached hydrogen (secondary N) is 1. The molecule has 1 N–H and O–H groups in total. The van der Waals surface area contributed by atoms with Crippen molar-refractivity contribution in [1.29, 1.82) is 0 Å². The Kier molecular flexibility index (Phi) is 4.73. The summed E-state index contributed by atoms with van der Waals surface area (Å²) in [5, 5.41) is 3.31. The van der Waals surface area contributed by atoms with Crippen LogP contribution in [0.1, 0.15) is 17.5 Å². The molecule has 1 aromatic heterocycles. The van der Waals surface area contributed by atoms with Crippen molar-refractivity contribution in [3.8, 4) is 0 Å². The van der Waals surface area contributed by atoms with E-state index in [1.165, 1.54) is 6.07 Å². The highest BCUT2D eigenvalue weighted by Crippen LogP contribution is 2.11. The molecule has 2 aromatic rings. The van der Waals surface area contributed by atoms with E-state index in [0.29, 0.717) is 17.5 Å². The van der Waals surface area contributed by atoms with Crippen LogP contribution in [0.25, 0.3) is 11.0 Å². The van der Waals surface area contributed by atoms with Crippen molar-refractivity contribution in [3.05, 3.63) is 46.3 Å². The zero-order valence-corrected chi connectivity index (χ0v) is 13.1. The smallest absolute Gasteiger partial charge is 0.287 e. The quantitative estimate of drug-likeness (QED) is 0.919. The first-order chi connectivity index (χ1) is 11.1. The van der Waals surface area contributed by atoms with Gasteiger partial charge in [-0.05, 0) is 19.1 Å². The molecule has 122 valence electrons. The molecular weight excluding hydrogens is 296 g/mol. The maximum Gasteiger partial charge on any atom is 0.287 e. The van der Waals surface area contributed by atoms with Crippen molar-refractivity contribution in [2.75, 3.05) is 32.8 Å². The third kappa shape index (κ3) is 3.60. The number of benzene rings is 1. The van der Waals surface area contributed by atoms with Crippen molar-refractivity contribution in [1.82, 2.24) is 10.2 Å². The summed E-state index contributed by atoms with van der Waals surface area (Å²) in [5.74, 6) is -0.323. The lowest BCUT2D eigenvalue weighted by atomic mass is 10.2. The van der Waals surface area contributed by atoms with Gasteiger partial charge in [0.1, 0.15) is 5.58 Å². The Bertz CT molecular complexity index is 750. The first kappa shape index (κ1) is 15.7. The van der Waals surface area contributed by atoms with Crippen LogP contribution in [-0.2, 0) is 4.74 Å². The van der Waals surface area contributed by atoms with Crippen molar-refractivity contribution in [2.24, 2.45) is 0 Å². The SMILES string of the molecule is CC(CNC(=O)c1cc(=O)c2ccccc2o1)N1CCOCC1. The van der Waals surface area contributed by atoms with E-state index in [2.05, 4.69) is 17.1 Å². The normalized spacial score (nSPS) is 17.1. The molecule has 1 unspecified atom stereocenters. The van der Waals surface area contributed by atoms with E-state index < -0.39 is 0 Å². The Hall–Kier alpha value is -2.18. The number of para-hydroxylation sites is 1. The van der Waals surface area contributed by atoms with Crippen LogP contribution in [0, 0.1) is 0 Å². The fourth-order valence-electron chi connectivity index (χ4n) is 2.69. The molecule has 1 saturated heterocycles. The van der Waals surface area contributed by atoms with Gasteiger partial charge in [0.15, 0.2) is 11.2 Å². The van der Waals surface area contributed by atoms with Gasteiger partial charge >= 0.3 is 0 Å². The second-order valence-electron chi connectivity index (χ2n) is 5.68. The summed E-state index contributed by atoms with van der Waals surface area (Å²) in [4.78, 5) is 26.5. The highest BCUT2D eigenvalue weighted by molar-refractivity contribution is 5.93. The van der Waals surface area contributed by atoms with E-state index in [4.69, 9.17) is 9.15 Å². The van der Waals surface area contributed by atoms with Crippen molar-refractivity contribution in [3.63, 3.8) is 0 Å². The van der Waals surface area contributed by atoms with E-state index >= 15 is 0 Å². The molecule has 23 heavy (non-hydrogen) atoms. The summed E-state index contributed by atoms with van der Waals surface area (Å²) in [6.45, 7) is 5.72. The van der Waals surface area contributed by atoms with Gasteiger partial charge in [0.05, 0.1) is 18.6 Å². The molecule has 1 amide bonds. The molecule has 1 aliphatic heterocycles. The van der Waals surface area contributed by atoms with Gasteiger partial charge in [0.2, 0.25) is 0 Å². The number of carbonyl (C=O) groups is 1. The summed E-state index contributed by atoms with van der Waals surface area (Å²) in [6, 6.07) is 8.36. The highest BCUT2D eigenvalue weighted by atomic mass is 16.5. The Balaban J connectivity index is 1.67. The molecule has 0 radical (unpaired) electrons. The Morgan fingerprint density at radius 1 is 1.30 bits per heavy atom. The number of rotatable bonds is 4. The predicted molar refractivity (Wildman–Crippen MR) is 86.7 cm³/mol. The molecule has 1 atom stereocenters. The summed E-state index contributed by atoms with van der Waals surface area (Å²) in [5.41, 5.74) is 0.213. The molecule has 1 aliphatic rings. The van der Waals surface area contributed by atoms with Crippen LogP contribution in [0.4, 0.5) is 0 Å². The Morgan fingerprint density at radius 2 is 2.04 bits per heavy atom. The number of hydrogen-bond acceptors (Lipinski definition) is 5. The molecule has 0 saturated carbocycles. The third-order valence-electron chi connectivity index (χ3n) is 4.09. The molecule has 6 nitrogen and oxygen atoms in total. The van der Waals surface area contributed by atoms with E-state index in [9.17, 15) is 9.59 Å². The number of amides is 1. The minimum atomic E-state index is -0.368. The maximum atomic E-state index is 12.2. The third-order valence-corrected chi connectivity index (χ3v) is 4.09. The van der Waals surface area contributed by atoms with Gasteiger partial charge in [-0.15, -0.1) is 0 Å². The van der Waals surface area contributed by atoms with E-state index in [0.717, 1.165) is 26.3 Å². The fourth-order valence-corrected chi connectivity index (χ4v) is 2.69.